The first kappa shape index (κ1) is 23.0. The lowest BCUT2D eigenvalue weighted by molar-refractivity contribution is -0.204. The highest BCUT2D eigenvalue weighted by Crippen LogP contribution is 2.53. The molecule has 0 aromatic carbocycles. The van der Waals surface area contributed by atoms with Gasteiger partial charge in [0, 0.05) is 25.8 Å². The Labute approximate surface area is 188 Å². The molecule has 6 atom stereocenters. The van der Waals surface area contributed by atoms with E-state index in [9.17, 15) is 14.4 Å². The number of rotatable bonds is 6. The van der Waals surface area contributed by atoms with Crippen molar-refractivity contribution in [2.24, 2.45) is 11.3 Å². The Morgan fingerprint density at radius 1 is 1.22 bits per heavy atom. The van der Waals surface area contributed by atoms with Gasteiger partial charge in [0.25, 0.3) is 0 Å². The summed E-state index contributed by atoms with van der Waals surface area (Å²) in [4.78, 5) is 35.8. The van der Waals surface area contributed by atoms with Crippen molar-refractivity contribution in [2.45, 2.75) is 96.6 Å². The van der Waals surface area contributed by atoms with Gasteiger partial charge in [-0.1, -0.05) is 26.0 Å². The number of ether oxygens (including phenoxy) is 5. The van der Waals surface area contributed by atoms with Gasteiger partial charge in [-0.25, -0.2) is 4.79 Å². The molecular weight excluding hydrogens is 416 g/mol. The van der Waals surface area contributed by atoms with Gasteiger partial charge >= 0.3 is 17.9 Å². The monoisotopic (exact) mass is 448 g/mol. The van der Waals surface area contributed by atoms with Crippen molar-refractivity contribution in [1.29, 1.82) is 0 Å². The maximum absolute atomic E-state index is 13.0. The van der Waals surface area contributed by atoms with E-state index in [2.05, 4.69) is 20.4 Å². The first-order valence-electron chi connectivity index (χ1n) is 11.3. The number of hydrogen-bond donors (Lipinski definition) is 0. The van der Waals surface area contributed by atoms with Crippen LogP contribution in [0.15, 0.2) is 23.8 Å². The summed E-state index contributed by atoms with van der Waals surface area (Å²) in [5.41, 5.74) is 0.958. The van der Waals surface area contributed by atoms with Gasteiger partial charge in [0.1, 0.15) is 12.2 Å². The third-order valence-electron chi connectivity index (χ3n) is 7.18. The second kappa shape index (κ2) is 8.30. The number of esters is 3. The molecule has 8 heteroatoms. The molecule has 0 radical (unpaired) electrons. The molecular formula is C24H32O8. The number of epoxide rings is 1. The van der Waals surface area contributed by atoms with E-state index in [1.54, 1.807) is 0 Å². The zero-order chi connectivity index (χ0) is 23.3. The molecule has 0 aromatic rings. The fraction of sp³-hybridized carbons (Fsp3) is 0.708. The third kappa shape index (κ3) is 4.35. The summed E-state index contributed by atoms with van der Waals surface area (Å²) < 4.78 is 27.4. The maximum atomic E-state index is 13.0. The molecule has 2 saturated heterocycles. The molecule has 4 aliphatic rings. The highest BCUT2D eigenvalue weighted by atomic mass is 16.8. The van der Waals surface area contributed by atoms with Crippen LogP contribution in [0.2, 0.25) is 0 Å². The van der Waals surface area contributed by atoms with Crippen molar-refractivity contribution in [3.63, 3.8) is 0 Å². The topological polar surface area (TPSA) is 101 Å². The summed E-state index contributed by atoms with van der Waals surface area (Å²) in [7, 11) is 0. The van der Waals surface area contributed by atoms with Crippen molar-refractivity contribution in [3.8, 4) is 0 Å². The molecule has 0 N–H and O–H groups in total. The van der Waals surface area contributed by atoms with Gasteiger partial charge < -0.3 is 18.9 Å². The Bertz CT molecular complexity index is 858. The van der Waals surface area contributed by atoms with Crippen molar-refractivity contribution in [3.05, 3.63) is 23.8 Å². The van der Waals surface area contributed by atoms with Crippen LogP contribution in [0.25, 0.3) is 0 Å². The summed E-state index contributed by atoms with van der Waals surface area (Å²) in [5.74, 6) is -1.15. The fourth-order valence-electron chi connectivity index (χ4n) is 5.47. The van der Waals surface area contributed by atoms with Gasteiger partial charge in [0.05, 0.1) is 0 Å². The first-order chi connectivity index (χ1) is 15.0. The predicted molar refractivity (Wildman–Crippen MR) is 112 cm³/mol. The van der Waals surface area contributed by atoms with E-state index in [4.69, 9.17) is 23.7 Å². The summed E-state index contributed by atoms with van der Waals surface area (Å²) in [5, 5.41) is 0. The molecule has 32 heavy (non-hydrogen) atoms. The lowest BCUT2D eigenvalue weighted by atomic mass is 9.64. The van der Waals surface area contributed by atoms with E-state index in [1.807, 2.05) is 0 Å². The number of carbonyl (C=O) groups excluding carboxylic acids is 3. The van der Waals surface area contributed by atoms with Crippen LogP contribution in [0, 0.1) is 11.3 Å². The Morgan fingerprint density at radius 3 is 2.56 bits per heavy atom. The van der Waals surface area contributed by atoms with Gasteiger partial charge in [0.2, 0.25) is 12.6 Å². The van der Waals surface area contributed by atoms with Crippen LogP contribution in [0.4, 0.5) is 0 Å². The van der Waals surface area contributed by atoms with Gasteiger partial charge in [-0.15, -0.1) is 0 Å². The number of fused-ring (bicyclic) bond motifs is 1. The lowest BCUT2D eigenvalue weighted by Gasteiger charge is -2.41. The normalized spacial score (nSPS) is 37.8. The quantitative estimate of drug-likeness (QED) is 0.264. The molecule has 1 aliphatic carbocycles. The molecule has 176 valence electrons. The minimum atomic E-state index is -1.08. The van der Waals surface area contributed by atoms with Gasteiger partial charge in [0.15, 0.2) is 5.60 Å². The average molecular weight is 449 g/mol. The molecule has 1 saturated carbocycles. The van der Waals surface area contributed by atoms with Gasteiger partial charge in [-0.05, 0) is 49.5 Å². The average Bonchev–Trinajstić information content (AvgIpc) is 3.26. The van der Waals surface area contributed by atoms with Crippen LogP contribution in [0.5, 0.6) is 0 Å². The van der Waals surface area contributed by atoms with Crippen molar-refractivity contribution in [1.82, 2.24) is 0 Å². The van der Waals surface area contributed by atoms with E-state index in [-0.39, 0.29) is 11.5 Å². The molecule has 3 fully saturated rings. The molecule has 0 aromatic heterocycles. The third-order valence-corrected chi connectivity index (χ3v) is 7.18. The number of hydrogen-bond acceptors (Lipinski definition) is 8. The molecule has 4 rings (SSSR count). The minimum Gasteiger partial charge on any atom is -0.455 e. The fourth-order valence-corrected chi connectivity index (χ4v) is 5.47. The molecule has 3 aliphatic heterocycles. The van der Waals surface area contributed by atoms with E-state index < -0.39 is 42.2 Å². The standard InChI is InChI=1S/C24H32O8/c1-13-7-6-9-23(4,5)17(13)8-10-24-19(32-24)12-18(30-22(24)27)16-11-20(28-14(2)25)31-21(16)29-15(3)26/h11,17-21H,1,6-10,12H2,2-5H3. The highest BCUT2D eigenvalue weighted by molar-refractivity contribution is 5.85. The van der Waals surface area contributed by atoms with Crippen LogP contribution >= 0.6 is 0 Å². The molecule has 6 unspecified atom stereocenters. The second-order valence-corrected chi connectivity index (χ2v) is 9.94. The Kier molecular flexibility index (Phi) is 5.96. The van der Waals surface area contributed by atoms with Crippen molar-refractivity contribution >= 4 is 17.9 Å². The SMILES string of the molecule is C=C1CCCC(C)(C)C1CCC12OC1CC(C1=CC(OC(C)=O)OC1OC(C)=O)OC2=O. The largest absolute Gasteiger partial charge is 0.455 e. The molecule has 0 spiro atoms. The molecule has 0 bridgehead atoms. The van der Waals surface area contributed by atoms with Crippen LogP contribution in [-0.2, 0) is 38.1 Å². The van der Waals surface area contributed by atoms with Crippen LogP contribution in [0.1, 0.15) is 66.2 Å². The summed E-state index contributed by atoms with van der Waals surface area (Å²) in [6.45, 7) is 11.3. The van der Waals surface area contributed by atoms with E-state index in [0.717, 1.165) is 25.7 Å². The highest BCUT2D eigenvalue weighted by Gasteiger charge is 2.67. The van der Waals surface area contributed by atoms with E-state index >= 15 is 0 Å². The van der Waals surface area contributed by atoms with Crippen LogP contribution in [-0.4, -0.2) is 48.3 Å². The van der Waals surface area contributed by atoms with E-state index in [0.29, 0.717) is 24.3 Å². The van der Waals surface area contributed by atoms with Crippen molar-refractivity contribution in [2.75, 3.05) is 0 Å². The second-order valence-electron chi connectivity index (χ2n) is 9.94. The number of carbonyl (C=O) groups is 3. The Balaban J connectivity index is 1.42. The Hall–Kier alpha value is -2.19. The van der Waals surface area contributed by atoms with Crippen LogP contribution in [0.3, 0.4) is 0 Å². The smallest absolute Gasteiger partial charge is 0.341 e. The van der Waals surface area contributed by atoms with Gasteiger partial charge in [-0.3, -0.25) is 14.3 Å². The zero-order valence-corrected chi connectivity index (χ0v) is 19.2. The minimum absolute atomic E-state index is 0.159. The molecule has 0 amide bonds. The number of allylic oxidation sites excluding steroid dienone is 1. The number of cyclic esters (lactones) is 1. The predicted octanol–water partition coefficient (Wildman–Crippen LogP) is 3.34. The van der Waals surface area contributed by atoms with E-state index in [1.165, 1.54) is 25.5 Å². The van der Waals surface area contributed by atoms with Crippen LogP contribution < -0.4 is 0 Å². The van der Waals surface area contributed by atoms with Crippen molar-refractivity contribution < 1.29 is 38.1 Å². The summed E-state index contributed by atoms with van der Waals surface area (Å²) in [6.07, 6.45) is 3.71. The first-order valence-corrected chi connectivity index (χ1v) is 11.3. The Morgan fingerprint density at radius 2 is 1.94 bits per heavy atom. The zero-order valence-electron chi connectivity index (χ0n) is 19.2. The summed E-state index contributed by atoms with van der Waals surface area (Å²) in [6, 6.07) is 0. The maximum Gasteiger partial charge on any atom is 0.341 e. The lowest BCUT2D eigenvalue weighted by Crippen LogP contribution is -2.42. The summed E-state index contributed by atoms with van der Waals surface area (Å²) >= 11 is 0. The van der Waals surface area contributed by atoms with Gasteiger partial charge in [-0.2, -0.15) is 0 Å². The molecule has 3 heterocycles. The molecule has 8 nitrogen and oxygen atoms in total.